The molecular formula is C21H27N3O4S. The number of amides is 1. The van der Waals surface area contributed by atoms with Crippen molar-refractivity contribution in [2.24, 2.45) is 0 Å². The quantitative estimate of drug-likeness (QED) is 0.781. The predicted molar refractivity (Wildman–Crippen MR) is 113 cm³/mol. The average molecular weight is 418 g/mol. The van der Waals surface area contributed by atoms with Crippen molar-refractivity contribution in [3.8, 4) is 5.75 Å². The van der Waals surface area contributed by atoms with Crippen molar-refractivity contribution >= 4 is 21.6 Å². The second-order valence-corrected chi connectivity index (χ2v) is 9.40. The SMILES string of the molecule is COc1ccc(N2CCC(NC(=O)c3cccc(S(=O)(=O)N(C)C)c3)CC2)cc1. The highest BCUT2D eigenvalue weighted by atomic mass is 32.2. The number of nitrogens with one attached hydrogen (secondary N) is 1. The fraction of sp³-hybridized carbons (Fsp3) is 0.381. The summed E-state index contributed by atoms with van der Waals surface area (Å²) in [5.41, 5.74) is 1.49. The zero-order chi connectivity index (χ0) is 21.0. The fourth-order valence-corrected chi connectivity index (χ4v) is 4.30. The Morgan fingerprint density at radius 3 is 2.34 bits per heavy atom. The molecule has 0 aromatic heterocycles. The summed E-state index contributed by atoms with van der Waals surface area (Å²) in [7, 11) is 1.02. The van der Waals surface area contributed by atoms with Crippen LogP contribution < -0.4 is 15.0 Å². The maximum absolute atomic E-state index is 12.6. The Morgan fingerprint density at radius 1 is 1.10 bits per heavy atom. The molecule has 0 saturated carbocycles. The van der Waals surface area contributed by atoms with E-state index in [-0.39, 0.29) is 16.8 Å². The number of rotatable bonds is 6. The van der Waals surface area contributed by atoms with Crippen LogP contribution in [0.2, 0.25) is 0 Å². The molecule has 0 radical (unpaired) electrons. The predicted octanol–water partition coefficient (Wildman–Crippen LogP) is 2.34. The third-order valence-corrected chi connectivity index (χ3v) is 6.95. The highest BCUT2D eigenvalue weighted by Crippen LogP contribution is 2.23. The number of hydrogen-bond acceptors (Lipinski definition) is 5. The lowest BCUT2D eigenvalue weighted by Gasteiger charge is -2.34. The largest absolute Gasteiger partial charge is 0.497 e. The molecule has 2 aromatic carbocycles. The molecule has 156 valence electrons. The number of carbonyl (C=O) groups excluding carboxylic acids is 1. The number of piperidine rings is 1. The van der Waals surface area contributed by atoms with Gasteiger partial charge in [-0.3, -0.25) is 4.79 Å². The number of nitrogens with zero attached hydrogens (tertiary/aromatic N) is 2. The normalized spacial score (nSPS) is 15.4. The van der Waals surface area contributed by atoms with Crippen molar-refractivity contribution in [1.82, 2.24) is 9.62 Å². The number of ether oxygens (including phenoxy) is 1. The minimum absolute atomic E-state index is 0.0612. The number of methoxy groups -OCH3 is 1. The Hall–Kier alpha value is -2.58. The van der Waals surface area contributed by atoms with Crippen molar-refractivity contribution in [2.75, 3.05) is 39.2 Å². The molecule has 0 aliphatic carbocycles. The first-order valence-corrected chi connectivity index (χ1v) is 11.0. The van der Waals surface area contributed by atoms with Gasteiger partial charge in [0, 0.05) is 44.5 Å². The lowest BCUT2D eigenvalue weighted by molar-refractivity contribution is 0.0931. The summed E-state index contributed by atoms with van der Waals surface area (Å²) < 4.78 is 30.9. The standard InChI is InChI=1S/C21H27N3O4S/c1-23(2)29(26,27)20-6-4-5-16(15-20)21(25)22-17-11-13-24(14-12-17)18-7-9-19(28-3)10-8-18/h4-10,15,17H,11-14H2,1-3H3,(H,22,25). The van der Waals surface area contributed by atoms with Crippen LogP contribution in [0.4, 0.5) is 5.69 Å². The average Bonchev–Trinajstić information content (AvgIpc) is 2.74. The Bertz CT molecular complexity index is 950. The van der Waals surface area contributed by atoms with E-state index in [4.69, 9.17) is 4.74 Å². The summed E-state index contributed by atoms with van der Waals surface area (Å²) in [6, 6.07) is 14.2. The van der Waals surface area contributed by atoms with E-state index in [1.54, 1.807) is 19.2 Å². The van der Waals surface area contributed by atoms with Gasteiger partial charge in [0.05, 0.1) is 12.0 Å². The van der Waals surface area contributed by atoms with E-state index < -0.39 is 10.0 Å². The van der Waals surface area contributed by atoms with Gasteiger partial charge < -0.3 is 15.0 Å². The Labute approximate surface area is 172 Å². The van der Waals surface area contributed by atoms with E-state index in [9.17, 15) is 13.2 Å². The molecule has 7 nitrogen and oxygen atoms in total. The molecule has 1 heterocycles. The molecule has 0 bridgehead atoms. The van der Waals surface area contributed by atoms with Gasteiger partial charge in [0.25, 0.3) is 5.91 Å². The summed E-state index contributed by atoms with van der Waals surface area (Å²) >= 11 is 0. The van der Waals surface area contributed by atoms with Gasteiger partial charge in [0.2, 0.25) is 10.0 Å². The monoisotopic (exact) mass is 417 g/mol. The van der Waals surface area contributed by atoms with Crippen molar-refractivity contribution in [3.63, 3.8) is 0 Å². The number of sulfonamides is 1. The van der Waals surface area contributed by atoms with Gasteiger partial charge in [-0.1, -0.05) is 6.07 Å². The Morgan fingerprint density at radius 2 is 1.76 bits per heavy atom. The van der Waals surface area contributed by atoms with Gasteiger partial charge in [-0.15, -0.1) is 0 Å². The Kier molecular flexibility index (Phi) is 6.44. The number of hydrogen-bond donors (Lipinski definition) is 1. The topological polar surface area (TPSA) is 79.0 Å². The van der Waals surface area contributed by atoms with Gasteiger partial charge in [0.15, 0.2) is 0 Å². The second kappa shape index (κ2) is 8.84. The number of carbonyl (C=O) groups is 1. The molecular weight excluding hydrogens is 390 g/mol. The van der Waals surface area contributed by atoms with Crippen LogP contribution >= 0.6 is 0 Å². The molecule has 1 N–H and O–H groups in total. The van der Waals surface area contributed by atoms with E-state index in [1.807, 2.05) is 24.3 Å². The molecule has 1 amide bonds. The van der Waals surface area contributed by atoms with Crippen LogP contribution in [-0.4, -0.2) is 59.0 Å². The molecule has 0 unspecified atom stereocenters. The molecule has 0 spiro atoms. The highest BCUT2D eigenvalue weighted by Gasteiger charge is 2.23. The first-order valence-electron chi connectivity index (χ1n) is 9.53. The molecule has 1 aliphatic rings. The van der Waals surface area contributed by atoms with Gasteiger partial charge in [-0.05, 0) is 55.3 Å². The second-order valence-electron chi connectivity index (χ2n) is 7.25. The first kappa shape index (κ1) is 21.1. The molecule has 29 heavy (non-hydrogen) atoms. The van der Waals surface area contributed by atoms with Crippen LogP contribution in [0.5, 0.6) is 5.75 Å². The van der Waals surface area contributed by atoms with Crippen LogP contribution in [0.1, 0.15) is 23.2 Å². The lowest BCUT2D eigenvalue weighted by atomic mass is 10.0. The minimum Gasteiger partial charge on any atom is -0.497 e. The number of anilines is 1. The molecule has 0 atom stereocenters. The van der Waals surface area contributed by atoms with Gasteiger partial charge in [0.1, 0.15) is 5.75 Å². The van der Waals surface area contributed by atoms with Crippen LogP contribution in [0, 0.1) is 0 Å². The summed E-state index contributed by atoms with van der Waals surface area (Å²) in [6.45, 7) is 1.68. The van der Waals surface area contributed by atoms with E-state index in [2.05, 4.69) is 10.2 Å². The third kappa shape index (κ3) is 4.89. The zero-order valence-corrected chi connectivity index (χ0v) is 17.8. The molecule has 1 fully saturated rings. The summed E-state index contributed by atoms with van der Waals surface area (Å²) in [6.07, 6.45) is 1.65. The Balaban J connectivity index is 1.60. The van der Waals surface area contributed by atoms with Gasteiger partial charge in [-0.2, -0.15) is 0 Å². The highest BCUT2D eigenvalue weighted by molar-refractivity contribution is 7.89. The smallest absolute Gasteiger partial charge is 0.251 e. The lowest BCUT2D eigenvalue weighted by Crippen LogP contribution is -2.44. The van der Waals surface area contributed by atoms with E-state index in [1.165, 1.54) is 26.2 Å². The van der Waals surface area contributed by atoms with E-state index in [0.29, 0.717) is 5.56 Å². The van der Waals surface area contributed by atoms with Crippen molar-refractivity contribution in [3.05, 3.63) is 54.1 Å². The van der Waals surface area contributed by atoms with Crippen molar-refractivity contribution < 1.29 is 17.9 Å². The van der Waals surface area contributed by atoms with Crippen molar-refractivity contribution in [1.29, 1.82) is 0 Å². The van der Waals surface area contributed by atoms with Crippen molar-refractivity contribution in [2.45, 2.75) is 23.8 Å². The molecule has 2 aromatic rings. The number of benzene rings is 2. The van der Waals surface area contributed by atoms with Crippen LogP contribution in [0.25, 0.3) is 0 Å². The zero-order valence-electron chi connectivity index (χ0n) is 17.0. The van der Waals surface area contributed by atoms with E-state index in [0.717, 1.165) is 41.7 Å². The molecule has 1 saturated heterocycles. The minimum atomic E-state index is -3.57. The van der Waals surface area contributed by atoms with E-state index >= 15 is 0 Å². The fourth-order valence-electron chi connectivity index (χ4n) is 3.35. The summed E-state index contributed by atoms with van der Waals surface area (Å²) in [5.74, 6) is 0.582. The van der Waals surface area contributed by atoms with Crippen LogP contribution in [0.3, 0.4) is 0 Å². The van der Waals surface area contributed by atoms with Gasteiger partial charge >= 0.3 is 0 Å². The molecule has 1 aliphatic heterocycles. The molecule has 8 heteroatoms. The first-order chi connectivity index (χ1) is 13.8. The van der Waals surface area contributed by atoms with Gasteiger partial charge in [-0.25, -0.2) is 12.7 Å². The van der Waals surface area contributed by atoms with Crippen LogP contribution in [-0.2, 0) is 10.0 Å². The van der Waals surface area contributed by atoms with Crippen LogP contribution in [0.15, 0.2) is 53.4 Å². The molecule has 3 rings (SSSR count). The maximum Gasteiger partial charge on any atom is 0.251 e. The summed E-state index contributed by atoms with van der Waals surface area (Å²) in [4.78, 5) is 15.0. The summed E-state index contributed by atoms with van der Waals surface area (Å²) in [5, 5.41) is 3.04. The maximum atomic E-state index is 12.6. The third-order valence-electron chi connectivity index (χ3n) is 5.14.